The van der Waals surface area contributed by atoms with E-state index in [2.05, 4.69) is 0 Å². The summed E-state index contributed by atoms with van der Waals surface area (Å²) in [7, 11) is 0. The lowest BCUT2D eigenvalue weighted by Crippen LogP contribution is -2.13. The van der Waals surface area contributed by atoms with Gasteiger partial charge in [0.15, 0.2) is 6.36 Å². The van der Waals surface area contributed by atoms with Crippen LogP contribution in [0.3, 0.4) is 0 Å². The number of rotatable bonds is 4. The summed E-state index contributed by atoms with van der Waals surface area (Å²) in [5, 5.41) is 0. The smallest absolute Gasteiger partial charge is 0.198 e. The van der Waals surface area contributed by atoms with Crippen molar-refractivity contribution in [1.82, 2.24) is 0 Å². The van der Waals surface area contributed by atoms with Gasteiger partial charge in [-0.05, 0) is 13.3 Å². The van der Waals surface area contributed by atoms with Gasteiger partial charge in [-0.1, -0.05) is 13.8 Å². The maximum atomic E-state index is 12.3. The summed E-state index contributed by atoms with van der Waals surface area (Å²) >= 11 is 0. The molecule has 0 aromatic rings. The van der Waals surface area contributed by atoms with E-state index < -0.39 is 6.36 Å². The van der Waals surface area contributed by atoms with Crippen LogP contribution in [-0.2, 0) is 4.74 Å². The van der Waals surface area contributed by atoms with Crippen LogP contribution in [0.25, 0.3) is 0 Å². The lowest BCUT2D eigenvalue weighted by Gasteiger charge is -2.12. The van der Waals surface area contributed by atoms with Crippen LogP contribution in [0.15, 0.2) is 0 Å². The highest BCUT2D eigenvalue weighted by atomic mass is 19.1. The van der Waals surface area contributed by atoms with Gasteiger partial charge in [0.2, 0.25) is 0 Å². The topological polar surface area (TPSA) is 9.23 Å². The van der Waals surface area contributed by atoms with Gasteiger partial charge in [0.05, 0.1) is 6.10 Å². The number of halogens is 1. The Labute approximate surface area is 56.2 Å². The molecule has 56 valence electrons. The molecule has 0 saturated carbocycles. The fourth-order valence-electron chi connectivity index (χ4n) is 0.445. The molecule has 0 aromatic carbocycles. The minimum absolute atomic E-state index is 0.0555. The summed E-state index contributed by atoms with van der Waals surface area (Å²) in [6.45, 7) is 5.63. The van der Waals surface area contributed by atoms with Gasteiger partial charge in [-0.3, -0.25) is 0 Å². The van der Waals surface area contributed by atoms with Crippen molar-refractivity contribution >= 4 is 0 Å². The monoisotopic (exact) mass is 134 g/mol. The van der Waals surface area contributed by atoms with Gasteiger partial charge in [-0.2, -0.15) is 0 Å². The fraction of sp³-hybridized carbons (Fsp3) is 1.00. The minimum atomic E-state index is -1.07. The van der Waals surface area contributed by atoms with Gasteiger partial charge in [0.1, 0.15) is 0 Å². The number of hydrogen-bond donors (Lipinski definition) is 0. The Morgan fingerprint density at radius 1 is 1.33 bits per heavy atom. The third kappa shape index (κ3) is 4.40. The molecule has 2 atom stereocenters. The van der Waals surface area contributed by atoms with E-state index >= 15 is 0 Å². The Morgan fingerprint density at radius 3 is 2.22 bits per heavy atom. The Kier molecular flexibility index (Phi) is 4.68. The van der Waals surface area contributed by atoms with Gasteiger partial charge >= 0.3 is 0 Å². The Hall–Kier alpha value is -0.110. The third-order valence-electron chi connectivity index (χ3n) is 1.28. The molecule has 0 unspecified atom stereocenters. The normalized spacial score (nSPS) is 17.3. The predicted molar refractivity (Wildman–Crippen MR) is 36.0 cm³/mol. The van der Waals surface area contributed by atoms with Crippen molar-refractivity contribution in [3.05, 3.63) is 0 Å². The van der Waals surface area contributed by atoms with Crippen LogP contribution in [0.5, 0.6) is 0 Å². The van der Waals surface area contributed by atoms with E-state index in [1.54, 1.807) is 6.92 Å². The second-order valence-corrected chi connectivity index (χ2v) is 2.17. The molecular formula is C7H15FO. The first-order valence-electron chi connectivity index (χ1n) is 3.50. The summed E-state index contributed by atoms with van der Waals surface area (Å²) in [6.07, 6.45) is 0.310. The molecule has 1 nitrogen and oxygen atoms in total. The van der Waals surface area contributed by atoms with Gasteiger partial charge in [0, 0.05) is 6.42 Å². The maximum absolute atomic E-state index is 12.3. The second kappa shape index (κ2) is 4.74. The quantitative estimate of drug-likeness (QED) is 0.574. The highest BCUT2D eigenvalue weighted by Crippen LogP contribution is 2.05. The van der Waals surface area contributed by atoms with Crippen LogP contribution in [0, 0.1) is 0 Å². The molecule has 0 heterocycles. The van der Waals surface area contributed by atoms with E-state index in [1.165, 1.54) is 0 Å². The highest BCUT2D eigenvalue weighted by molar-refractivity contribution is 4.45. The predicted octanol–water partition coefficient (Wildman–Crippen LogP) is 2.51. The van der Waals surface area contributed by atoms with E-state index in [4.69, 9.17) is 4.74 Å². The summed E-state index contributed by atoms with van der Waals surface area (Å²) in [6, 6.07) is 0. The van der Waals surface area contributed by atoms with Crippen LogP contribution in [0.4, 0.5) is 4.39 Å². The number of ether oxygens (including phenoxy) is 1. The van der Waals surface area contributed by atoms with Crippen molar-refractivity contribution in [3.63, 3.8) is 0 Å². The van der Waals surface area contributed by atoms with Crippen LogP contribution in [0.2, 0.25) is 0 Å². The molecule has 0 spiro atoms. The molecule has 0 fully saturated rings. The SMILES string of the molecule is CC[C@@H](C)O[C@@H](F)CC. The van der Waals surface area contributed by atoms with Crippen molar-refractivity contribution in [2.75, 3.05) is 0 Å². The maximum Gasteiger partial charge on any atom is 0.198 e. The molecule has 0 saturated heterocycles. The highest BCUT2D eigenvalue weighted by Gasteiger charge is 2.06. The van der Waals surface area contributed by atoms with Crippen LogP contribution >= 0.6 is 0 Å². The zero-order valence-corrected chi connectivity index (χ0v) is 6.36. The van der Waals surface area contributed by atoms with E-state index in [0.29, 0.717) is 6.42 Å². The summed E-state index contributed by atoms with van der Waals surface area (Å²) in [5.41, 5.74) is 0. The van der Waals surface area contributed by atoms with Crippen molar-refractivity contribution < 1.29 is 9.13 Å². The first kappa shape index (κ1) is 8.89. The van der Waals surface area contributed by atoms with Crippen molar-refractivity contribution in [1.29, 1.82) is 0 Å². The molecule has 0 aliphatic heterocycles. The molecule has 0 rings (SSSR count). The Balaban J connectivity index is 3.22. The molecule has 2 heteroatoms. The number of hydrogen-bond acceptors (Lipinski definition) is 1. The molecule has 0 bridgehead atoms. The lowest BCUT2D eigenvalue weighted by molar-refractivity contribution is -0.0804. The van der Waals surface area contributed by atoms with E-state index in [-0.39, 0.29) is 6.10 Å². The molecule has 0 aliphatic rings. The zero-order valence-electron chi connectivity index (χ0n) is 6.36. The lowest BCUT2D eigenvalue weighted by atomic mass is 10.3. The fourth-order valence-corrected chi connectivity index (χ4v) is 0.445. The Morgan fingerprint density at radius 2 is 1.89 bits per heavy atom. The molecule has 0 amide bonds. The molecule has 9 heavy (non-hydrogen) atoms. The molecule has 0 radical (unpaired) electrons. The first-order valence-corrected chi connectivity index (χ1v) is 3.50. The molecule has 0 aromatic heterocycles. The van der Waals surface area contributed by atoms with Gasteiger partial charge < -0.3 is 4.74 Å². The molecular weight excluding hydrogens is 119 g/mol. The average Bonchev–Trinajstić information content (AvgIpc) is 1.87. The summed E-state index contributed by atoms with van der Waals surface area (Å²) < 4.78 is 17.2. The van der Waals surface area contributed by atoms with E-state index in [9.17, 15) is 4.39 Å². The second-order valence-electron chi connectivity index (χ2n) is 2.17. The average molecular weight is 134 g/mol. The molecule has 0 N–H and O–H groups in total. The van der Waals surface area contributed by atoms with E-state index in [1.807, 2.05) is 13.8 Å². The third-order valence-corrected chi connectivity index (χ3v) is 1.28. The van der Waals surface area contributed by atoms with Gasteiger partial charge in [-0.15, -0.1) is 0 Å². The minimum Gasteiger partial charge on any atom is -0.345 e. The van der Waals surface area contributed by atoms with Crippen LogP contribution in [0.1, 0.15) is 33.6 Å². The Bertz CT molecular complexity index is 57.9. The van der Waals surface area contributed by atoms with Crippen LogP contribution < -0.4 is 0 Å². The van der Waals surface area contributed by atoms with Gasteiger partial charge in [0.25, 0.3) is 0 Å². The zero-order chi connectivity index (χ0) is 7.28. The van der Waals surface area contributed by atoms with E-state index in [0.717, 1.165) is 6.42 Å². The number of alkyl halides is 1. The standard InChI is InChI=1S/C7H15FO/c1-4-6(3)9-7(8)5-2/h6-7H,4-5H2,1-3H3/t6-,7-/m1/s1. The summed E-state index contributed by atoms with van der Waals surface area (Å²) in [4.78, 5) is 0. The largest absolute Gasteiger partial charge is 0.345 e. The molecule has 0 aliphatic carbocycles. The van der Waals surface area contributed by atoms with Crippen LogP contribution in [-0.4, -0.2) is 12.5 Å². The van der Waals surface area contributed by atoms with Crippen molar-refractivity contribution in [2.24, 2.45) is 0 Å². The summed E-state index contributed by atoms with van der Waals surface area (Å²) in [5.74, 6) is 0. The van der Waals surface area contributed by atoms with Crippen molar-refractivity contribution in [3.8, 4) is 0 Å². The van der Waals surface area contributed by atoms with Crippen molar-refractivity contribution in [2.45, 2.75) is 46.1 Å². The first-order chi connectivity index (χ1) is 4.20. The van der Waals surface area contributed by atoms with Gasteiger partial charge in [-0.25, -0.2) is 4.39 Å².